The first-order valence-corrected chi connectivity index (χ1v) is 7.18. The van der Waals surface area contributed by atoms with Crippen LogP contribution < -0.4 is 5.32 Å². The molecule has 96 valence electrons. The molecular weight excluding hydrogens is 365 g/mol. The number of hydrogen-bond acceptors (Lipinski definition) is 2. The summed E-state index contributed by atoms with van der Waals surface area (Å²) in [6.45, 7) is 2.77. The Morgan fingerprint density at radius 2 is 2.33 bits per heavy atom. The highest BCUT2D eigenvalue weighted by Gasteiger charge is 2.09. The van der Waals surface area contributed by atoms with Crippen LogP contribution in [0, 0.1) is 3.57 Å². The van der Waals surface area contributed by atoms with Gasteiger partial charge in [-0.1, -0.05) is 0 Å². The summed E-state index contributed by atoms with van der Waals surface area (Å²) in [5.41, 5.74) is 2.00. The van der Waals surface area contributed by atoms with Gasteiger partial charge in [-0.2, -0.15) is 0 Å². The third-order valence-electron chi connectivity index (χ3n) is 2.62. The molecule has 0 radical (unpaired) electrons. The van der Waals surface area contributed by atoms with Gasteiger partial charge in [0.1, 0.15) is 5.82 Å². The molecule has 4 nitrogen and oxygen atoms in total. The second-order valence-corrected chi connectivity index (χ2v) is 5.44. The van der Waals surface area contributed by atoms with Gasteiger partial charge in [-0.15, -0.1) is 11.6 Å². The van der Waals surface area contributed by atoms with Gasteiger partial charge < -0.3 is 9.88 Å². The Hall–Kier alpha value is -0.820. The largest absolute Gasteiger partial charge is 0.355 e. The summed E-state index contributed by atoms with van der Waals surface area (Å²) in [5, 5.41) is 2.78. The number of carbonyl (C=O) groups excluding carboxylic acids is 1. The van der Waals surface area contributed by atoms with E-state index >= 15 is 0 Å². The highest BCUT2D eigenvalue weighted by Crippen LogP contribution is 2.19. The minimum Gasteiger partial charge on any atom is -0.355 e. The van der Waals surface area contributed by atoms with E-state index in [9.17, 15) is 4.79 Å². The van der Waals surface area contributed by atoms with E-state index in [4.69, 9.17) is 11.6 Å². The van der Waals surface area contributed by atoms with E-state index in [0.29, 0.717) is 19.0 Å². The minimum absolute atomic E-state index is 0.0265. The van der Waals surface area contributed by atoms with Crippen molar-refractivity contribution in [3.63, 3.8) is 0 Å². The average Bonchev–Trinajstić information content (AvgIpc) is 2.66. The van der Waals surface area contributed by atoms with E-state index < -0.39 is 0 Å². The fourth-order valence-electron chi connectivity index (χ4n) is 1.85. The summed E-state index contributed by atoms with van der Waals surface area (Å²) in [5.74, 6) is 1.17. The Morgan fingerprint density at radius 1 is 1.56 bits per heavy atom. The molecule has 1 N–H and O–H groups in total. The van der Waals surface area contributed by atoms with Gasteiger partial charge in [0.25, 0.3) is 0 Å². The van der Waals surface area contributed by atoms with Crippen LogP contribution in [-0.2, 0) is 17.2 Å². The van der Waals surface area contributed by atoms with Crippen molar-refractivity contribution in [2.24, 2.45) is 0 Å². The summed E-state index contributed by atoms with van der Waals surface area (Å²) in [6.07, 6.45) is 0. The van der Waals surface area contributed by atoms with E-state index in [1.165, 1.54) is 6.92 Å². The highest BCUT2D eigenvalue weighted by molar-refractivity contribution is 14.1. The van der Waals surface area contributed by atoms with Crippen LogP contribution >= 0.6 is 34.2 Å². The lowest BCUT2D eigenvalue weighted by Crippen LogP contribution is -2.24. The van der Waals surface area contributed by atoms with Gasteiger partial charge in [-0.05, 0) is 40.8 Å². The van der Waals surface area contributed by atoms with E-state index in [0.717, 1.165) is 20.4 Å². The Labute approximate surface area is 124 Å². The van der Waals surface area contributed by atoms with Crippen LogP contribution in [0.4, 0.5) is 0 Å². The van der Waals surface area contributed by atoms with Gasteiger partial charge in [-0.25, -0.2) is 4.98 Å². The van der Waals surface area contributed by atoms with E-state index in [1.807, 2.05) is 22.8 Å². The summed E-state index contributed by atoms with van der Waals surface area (Å²) in [6, 6.07) is 6.10. The van der Waals surface area contributed by atoms with Gasteiger partial charge >= 0.3 is 0 Å². The standard InChI is InChI=1S/C12H13ClIN3O/c1-8(18)15-4-5-17-11-3-2-9(14)6-10(11)16-12(17)7-13/h2-3,6H,4-5,7H2,1H3,(H,15,18). The zero-order chi connectivity index (χ0) is 13.1. The fraction of sp³-hybridized carbons (Fsp3) is 0.333. The van der Waals surface area contributed by atoms with Crippen molar-refractivity contribution in [3.05, 3.63) is 27.6 Å². The van der Waals surface area contributed by atoms with Crippen molar-refractivity contribution in [1.29, 1.82) is 0 Å². The van der Waals surface area contributed by atoms with Crippen molar-refractivity contribution in [2.75, 3.05) is 6.54 Å². The molecule has 0 aliphatic rings. The summed E-state index contributed by atoms with van der Waals surface area (Å²) in [4.78, 5) is 15.4. The quantitative estimate of drug-likeness (QED) is 0.657. The number of aromatic nitrogens is 2. The maximum Gasteiger partial charge on any atom is 0.216 e. The first-order chi connectivity index (χ1) is 8.61. The number of imidazole rings is 1. The first-order valence-electron chi connectivity index (χ1n) is 5.57. The van der Waals surface area contributed by atoms with Crippen molar-refractivity contribution >= 4 is 51.1 Å². The fourth-order valence-corrected chi connectivity index (χ4v) is 2.53. The summed E-state index contributed by atoms with van der Waals surface area (Å²) in [7, 11) is 0. The molecule has 1 aromatic heterocycles. The molecular formula is C12H13ClIN3O. The lowest BCUT2D eigenvalue weighted by Gasteiger charge is -2.08. The predicted molar refractivity (Wildman–Crippen MR) is 80.7 cm³/mol. The number of alkyl halides is 1. The third kappa shape index (κ3) is 2.95. The zero-order valence-electron chi connectivity index (χ0n) is 9.91. The summed E-state index contributed by atoms with van der Waals surface area (Å²) >= 11 is 8.17. The number of carbonyl (C=O) groups is 1. The molecule has 2 rings (SSSR count). The van der Waals surface area contributed by atoms with Gasteiger partial charge in [0.15, 0.2) is 0 Å². The Bertz CT molecular complexity index is 582. The van der Waals surface area contributed by atoms with Crippen LogP contribution in [-0.4, -0.2) is 22.0 Å². The monoisotopic (exact) mass is 377 g/mol. The lowest BCUT2D eigenvalue weighted by molar-refractivity contribution is -0.118. The van der Waals surface area contributed by atoms with Crippen molar-refractivity contribution in [2.45, 2.75) is 19.3 Å². The molecule has 0 fully saturated rings. The van der Waals surface area contributed by atoms with Gasteiger partial charge in [-0.3, -0.25) is 4.79 Å². The van der Waals surface area contributed by atoms with Crippen LogP contribution in [0.25, 0.3) is 11.0 Å². The van der Waals surface area contributed by atoms with Gasteiger partial charge in [0, 0.05) is 23.6 Å². The molecule has 0 spiro atoms. The lowest BCUT2D eigenvalue weighted by atomic mass is 10.3. The van der Waals surface area contributed by atoms with Crippen LogP contribution in [0.3, 0.4) is 0 Å². The molecule has 6 heteroatoms. The number of rotatable bonds is 4. The maximum atomic E-state index is 10.9. The zero-order valence-corrected chi connectivity index (χ0v) is 12.8. The van der Waals surface area contributed by atoms with Crippen molar-refractivity contribution in [3.8, 4) is 0 Å². The van der Waals surface area contributed by atoms with Crippen molar-refractivity contribution < 1.29 is 4.79 Å². The first kappa shape index (κ1) is 13.6. The second-order valence-electron chi connectivity index (χ2n) is 3.93. The molecule has 2 aromatic rings. The molecule has 1 aromatic carbocycles. The third-order valence-corrected chi connectivity index (χ3v) is 3.53. The number of nitrogens with zero attached hydrogens (tertiary/aromatic N) is 2. The number of fused-ring (bicyclic) bond motifs is 1. The minimum atomic E-state index is -0.0265. The van der Waals surface area contributed by atoms with Gasteiger partial charge in [0.05, 0.1) is 16.9 Å². The number of halogens is 2. The van der Waals surface area contributed by atoms with Crippen LogP contribution in [0.5, 0.6) is 0 Å². The van der Waals surface area contributed by atoms with Crippen LogP contribution in [0.2, 0.25) is 0 Å². The Kier molecular flexibility index (Phi) is 4.45. The van der Waals surface area contributed by atoms with E-state index in [2.05, 4.69) is 32.9 Å². The molecule has 0 aliphatic heterocycles. The van der Waals surface area contributed by atoms with E-state index in [1.54, 1.807) is 0 Å². The smallest absolute Gasteiger partial charge is 0.216 e. The predicted octanol–water partition coefficient (Wildman–Crippen LogP) is 2.52. The molecule has 0 saturated heterocycles. The summed E-state index contributed by atoms with van der Waals surface area (Å²) < 4.78 is 3.20. The van der Waals surface area contributed by atoms with Crippen molar-refractivity contribution in [1.82, 2.24) is 14.9 Å². The molecule has 0 aliphatic carbocycles. The molecule has 0 saturated carbocycles. The number of nitrogens with one attached hydrogen (secondary N) is 1. The van der Waals surface area contributed by atoms with Gasteiger partial charge in [0.2, 0.25) is 5.91 Å². The average molecular weight is 378 g/mol. The van der Waals surface area contributed by atoms with Crippen LogP contribution in [0.15, 0.2) is 18.2 Å². The maximum absolute atomic E-state index is 10.9. The normalized spacial score (nSPS) is 10.8. The molecule has 0 unspecified atom stereocenters. The topological polar surface area (TPSA) is 46.9 Å². The van der Waals surface area contributed by atoms with Crippen LogP contribution in [0.1, 0.15) is 12.7 Å². The molecule has 0 atom stereocenters. The number of hydrogen-bond donors (Lipinski definition) is 1. The molecule has 0 bridgehead atoms. The van der Waals surface area contributed by atoms with E-state index in [-0.39, 0.29) is 5.91 Å². The molecule has 18 heavy (non-hydrogen) atoms. The Balaban J connectivity index is 2.31. The molecule has 1 amide bonds. The number of benzene rings is 1. The Morgan fingerprint density at radius 3 is 3.00 bits per heavy atom. The highest BCUT2D eigenvalue weighted by atomic mass is 127. The second kappa shape index (κ2) is 5.88. The SMILES string of the molecule is CC(=O)NCCn1c(CCl)nc2cc(I)ccc21. The molecule has 1 heterocycles. The number of amides is 1.